The van der Waals surface area contributed by atoms with Gasteiger partial charge in [0.1, 0.15) is 0 Å². The van der Waals surface area contributed by atoms with Crippen LogP contribution in [0.1, 0.15) is 18.4 Å². The Morgan fingerprint density at radius 3 is 2.68 bits per heavy atom. The summed E-state index contributed by atoms with van der Waals surface area (Å²) in [5, 5.41) is 13.5. The monoisotopic (exact) mass is 308 g/mol. The topological polar surface area (TPSA) is 96.9 Å². The molecule has 0 atom stereocenters. The number of unbranched alkanes of at least 4 members (excludes halogenated alkanes) is 1. The van der Waals surface area contributed by atoms with Crippen molar-refractivity contribution in [2.75, 3.05) is 23.8 Å². The molecule has 0 aliphatic heterocycles. The standard InChI is InChI=1S/C15H20N2O5/c1-3-21-8-4-5-9-22-15(20)16-12-7-6-11(2)13(10-12)17-14(18)19/h3,6-7,10,17H,1,4-5,8-9H2,2H3,(H,16,20)(H,18,19). The number of amides is 2. The fraction of sp³-hybridized carbons (Fsp3) is 0.333. The molecule has 1 aromatic rings. The second-order valence-electron chi connectivity index (χ2n) is 4.47. The van der Waals surface area contributed by atoms with E-state index in [1.807, 2.05) is 0 Å². The van der Waals surface area contributed by atoms with E-state index in [9.17, 15) is 9.59 Å². The van der Waals surface area contributed by atoms with Crippen molar-refractivity contribution in [1.82, 2.24) is 0 Å². The molecule has 0 aromatic heterocycles. The maximum Gasteiger partial charge on any atom is 0.411 e. The molecule has 0 spiro atoms. The highest BCUT2D eigenvalue weighted by atomic mass is 16.5. The van der Waals surface area contributed by atoms with Crippen molar-refractivity contribution < 1.29 is 24.2 Å². The lowest BCUT2D eigenvalue weighted by Crippen LogP contribution is -2.15. The quantitative estimate of drug-likeness (QED) is 0.504. The summed E-state index contributed by atoms with van der Waals surface area (Å²) in [7, 11) is 0. The summed E-state index contributed by atoms with van der Waals surface area (Å²) in [5.41, 5.74) is 1.62. The van der Waals surface area contributed by atoms with Gasteiger partial charge in [0, 0.05) is 11.4 Å². The number of carbonyl (C=O) groups excluding carboxylic acids is 1. The average Bonchev–Trinajstić information content (AvgIpc) is 2.46. The van der Waals surface area contributed by atoms with Crippen LogP contribution in [-0.4, -0.2) is 30.5 Å². The summed E-state index contributed by atoms with van der Waals surface area (Å²) in [4.78, 5) is 22.3. The van der Waals surface area contributed by atoms with Gasteiger partial charge >= 0.3 is 12.2 Å². The number of carboxylic acid groups (broad SMARTS) is 1. The number of hydrogen-bond donors (Lipinski definition) is 3. The van der Waals surface area contributed by atoms with E-state index in [0.29, 0.717) is 24.4 Å². The minimum Gasteiger partial charge on any atom is -0.502 e. The van der Waals surface area contributed by atoms with E-state index in [-0.39, 0.29) is 6.61 Å². The van der Waals surface area contributed by atoms with Gasteiger partial charge in [-0.2, -0.15) is 0 Å². The van der Waals surface area contributed by atoms with Crippen molar-refractivity contribution >= 4 is 23.6 Å². The van der Waals surface area contributed by atoms with Crippen LogP contribution in [0, 0.1) is 6.92 Å². The van der Waals surface area contributed by atoms with Crippen molar-refractivity contribution in [1.29, 1.82) is 0 Å². The van der Waals surface area contributed by atoms with Gasteiger partial charge in [0.25, 0.3) is 0 Å². The number of nitrogens with one attached hydrogen (secondary N) is 2. The Labute approximate surface area is 128 Å². The predicted octanol–water partition coefficient (Wildman–Crippen LogP) is 3.57. The molecule has 0 unspecified atom stereocenters. The first-order chi connectivity index (χ1) is 10.5. The normalized spacial score (nSPS) is 9.68. The van der Waals surface area contributed by atoms with Crippen molar-refractivity contribution in [3.63, 3.8) is 0 Å². The molecule has 0 heterocycles. The Hall–Kier alpha value is -2.70. The summed E-state index contributed by atoms with van der Waals surface area (Å²) in [6.07, 6.45) is 1.06. The second-order valence-corrected chi connectivity index (χ2v) is 4.47. The molecule has 22 heavy (non-hydrogen) atoms. The molecule has 0 fully saturated rings. The van der Waals surface area contributed by atoms with Gasteiger partial charge in [-0.25, -0.2) is 9.59 Å². The number of carbonyl (C=O) groups is 2. The van der Waals surface area contributed by atoms with Crippen molar-refractivity contribution in [3.05, 3.63) is 36.6 Å². The lowest BCUT2D eigenvalue weighted by Gasteiger charge is -2.10. The number of aryl methyl sites for hydroxylation is 1. The fourth-order valence-corrected chi connectivity index (χ4v) is 1.64. The van der Waals surface area contributed by atoms with Crippen LogP contribution in [0.15, 0.2) is 31.0 Å². The summed E-state index contributed by atoms with van der Waals surface area (Å²) < 4.78 is 9.95. The van der Waals surface area contributed by atoms with E-state index in [1.54, 1.807) is 19.1 Å². The summed E-state index contributed by atoms with van der Waals surface area (Å²) in [6.45, 7) is 6.00. The number of benzene rings is 1. The average molecular weight is 308 g/mol. The zero-order chi connectivity index (χ0) is 16.4. The van der Waals surface area contributed by atoms with Crippen LogP contribution in [0.25, 0.3) is 0 Å². The Morgan fingerprint density at radius 2 is 2.00 bits per heavy atom. The van der Waals surface area contributed by atoms with E-state index < -0.39 is 12.2 Å². The minimum absolute atomic E-state index is 0.276. The number of ether oxygens (including phenoxy) is 2. The lowest BCUT2D eigenvalue weighted by atomic mass is 10.2. The molecule has 7 nitrogen and oxygen atoms in total. The van der Waals surface area contributed by atoms with Crippen LogP contribution >= 0.6 is 0 Å². The third kappa shape index (κ3) is 6.65. The van der Waals surface area contributed by atoms with Gasteiger partial charge in [0.15, 0.2) is 0 Å². The molecule has 0 radical (unpaired) electrons. The molecule has 2 amide bonds. The predicted molar refractivity (Wildman–Crippen MR) is 83.2 cm³/mol. The van der Waals surface area contributed by atoms with Gasteiger partial charge in [0.05, 0.1) is 19.5 Å². The molecule has 3 N–H and O–H groups in total. The number of hydrogen-bond acceptors (Lipinski definition) is 4. The first-order valence-electron chi connectivity index (χ1n) is 6.80. The smallest absolute Gasteiger partial charge is 0.411 e. The SMILES string of the molecule is C=COCCCCOC(=O)Nc1ccc(C)c(NC(=O)O)c1. The van der Waals surface area contributed by atoms with E-state index >= 15 is 0 Å². The van der Waals surface area contributed by atoms with E-state index in [0.717, 1.165) is 12.0 Å². The first kappa shape index (κ1) is 17.4. The maximum absolute atomic E-state index is 11.6. The van der Waals surface area contributed by atoms with E-state index in [1.165, 1.54) is 12.3 Å². The molecular formula is C15H20N2O5. The van der Waals surface area contributed by atoms with Crippen molar-refractivity contribution in [2.45, 2.75) is 19.8 Å². The highest BCUT2D eigenvalue weighted by molar-refractivity contribution is 5.88. The van der Waals surface area contributed by atoms with Crippen LogP contribution in [0.3, 0.4) is 0 Å². The van der Waals surface area contributed by atoms with Crippen LogP contribution in [-0.2, 0) is 9.47 Å². The highest BCUT2D eigenvalue weighted by Gasteiger charge is 2.07. The zero-order valence-corrected chi connectivity index (χ0v) is 12.4. The molecule has 0 saturated carbocycles. The molecule has 0 bridgehead atoms. The maximum atomic E-state index is 11.6. The molecule has 0 aliphatic carbocycles. The van der Waals surface area contributed by atoms with Crippen molar-refractivity contribution in [2.24, 2.45) is 0 Å². The van der Waals surface area contributed by atoms with Crippen LogP contribution in [0.2, 0.25) is 0 Å². The molecule has 7 heteroatoms. The largest absolute Gasteiger partial charge is 0.502 e. The Balaban J connectivity index is 2.40. The summed E-state index contributed by atoms with van der Waals surface area (Å²) in [5.74, 6) is 0. The first-order valence-corrected chi connectivity index (χ1v) is 6.80. The lowest BCUT2D eigenvalue weighted by molar-refractivity contribution is 0.154. The Morgan fingerprint density at radius 1 is 1.27 bits per heavy atom. The Bertz CT molecular complexity index is 531. The van der Waals surface area contributed by atoms with Crippen molar-refractivity contribution in [3.8, 4) is 0 Å². The minimum atomic E-state index is -1.16. The number of rotatable bonds is 8. The van der Waals surface area contributed by atoms with E-state index in [4.69, 9.17) is 14.6 Å². The van der Waals surface area contributed by atoms with Gasteiger partial charge in [-0.1, -0.05) is 12.6 Å². The highest BCUT2D eigenvalue weighted by Crippen LogP contribution is 2.20. The molecule has 0 saturated heterocycles. The second kappa shape index (κ2) is 9.28. The molecule has 1 aromatic carbocycles. The summed E-state index contributed by atoms with van der Waals surface area (Å²) in [6, 6.07) is 4.90. The molecule has 120 valence electrons. The van der Waals surface area contributed by atoms with Gasteiger partial charge in [0.2, 0.25) is 0 Å². The number of anilines is 2. The van der Waals surface area contributed by atoms with Gasteiger partial charge in [-0.3, -0.25) is 10.6 Å². The van der Waals surface area contributed by atoms with Crippen LogP contribution in [0.4, 0.5) is 21.0 Å². The van der Waals surface area contributed by atoms with Crippen LogP contribution in [0.5, 0.6) is 0 Å². The zero-order valence-electron chi connectivity index (χ0n) is 12.4. The van der Waals surface area contributed by atoms with Gasteiger partial charge < -0.3 is 14.6 Å². The third-order valence-electron chi connectivity index (χ3n) is 2.73. The molecule has 0 aliphatic rings. The third-order valence-corrected chi connectivity index (χ3v) is 2.73. The van der Waals surface area contributed by atoms with E-state index in [2.05, 4.69) is 17.2 Å². The molecule has 1 rings (SSSR count). The Kier molecular flexibility index (Phi) is 7.32. The van der Waals surface area contributed by atoms with Gasteiger partial charge in [-0.15, -0.1) is 0 Å². The molecular weight excluding hydrogens is 288 g/mol. The van der Waals surface area contributed by atoms with Crippen LogP contribution < -0.4 is 10.6 Å². The summed E-state index contributed by atoms with van der Waals surface area (Å²) >= 11 is 0. The van der Waals surface area contributed by atoms with Gasteiger partial charge in [-0.05, 0) is 37.5 Å². The fourth-order valence-electron chi connectivity index (χ4n) is 1.64.